The molecule has 4 nitrogen and oxygen atoms in total. The van der Waals surface area contributed by atoms with Gasteiger partial charge in [-0.05, 0) is 6.42 Å². The van der Waals surface area contributed by atoms with E-state index in [1.54, 1.807) is 6.33 Å². The predicted molar refractivity (Wildman–Crippen MR) is 65.5 cm³/mol. The van der Waals surface area contributed by atoms with Crippen LogP contribution in [0.3, 0.4) is 0 Å². The Bertz CT molecular complexity index is 263. The van der Waals surface area contributed by atoms with Crippen molar-refractivity contribution < 1.29 is 0 Å². The minimum atomic E-state index is 0.183. The molecule has 1 atom stereocenters. The Morgan fingerprint density at radius 2 is 1.88 bits per heavy atom. The third-order valence-corrected chi connectivity index (χ3v) is 2.78. The van der Waals surface area contributed by atoms with Gasteiger partial charge < -0.3 is 0 Å². The zero-order chi connectivity index (χ0) is 11.6. The maximum Gasteiger partial charge on any atom is 0.115 e. The summed E-state index contributed by atoms with van der Waals surface area (Å²) in [6, 6.07) is 0.183. The van der Waals surface area contributed by atoms with E-state index >= 15 is 0 Å². The number of hydrazine groups is 1. The summed E-state index contributed by atoms with van der Waals surface area (Å²) in [7, 11) is 0. The van der Waals surface area contributed by atoms with E-state index in [2.05, 4.69) is 22.3 Å². The summed E-state index contributed by atoms with van der Waals surface area (Å²) >= 11 is 0. The Morgan fingerprint density at radius 1 is 1.19 bits per heavy atom. The molecule has 0 saturated carbocycles. The molecule has 4 heteroatoms. The van der Waals surface area contributed by atoms with E-state index in [1.165, 1.54) is 32.1 Å². The highest BCUT2D eigenvalue weighted by Gasteiger charge is 2.08. The molecule has 1 rings (SSSR count). The Kier molecular flexibility index (Phi) is 6.69. The van der Waals surface area contributed by atoms with E-state index in [4.69, 9.17) is 5.84 Å². The van der Waals surface area contributed by atoms with Crippen LogP contribution in [-0.2, 0) is 0 Å². The molecule has 0 spiro atoms. The molecule has 0 aliphatic rings. The molecule has 1 aromatic heterocycles. The molecular weight excluding hydrogens is 200 g/mol. The molecule has 0 bridgehead atoms. The molecular formula is C12H22N4. The number of nitrogens with one attached hydrogen (secondary N) is 1. The highest BCUT2D eigenvalue weighted by molar-refractivity contribution is 5.08. The van der Waals surface area contributed by atoms with Crippen molar-refractivity contribution in [1.29, 1.82) is 0 Å². The average molecular weight is 222 g/mol. The molecule has 0 radical (unpaired) electrons. The SMILES string of the molecule is CCCCCCCC(NN)c1cncnc1. The molecule has 3 N–H and O–H groups in total. The van der Waals surface area contributed by atoms with Gasteiger partial charge in [0.05, 0.1) is 0 Å². The van der Waals surface area contributed by atoms with Crippen LogP contribution in [0.15, 0.2) is 18.7 Å². The van der Waals surface area contributed by atoms with Crippen molar-refractivity contribution in [3.63, 3.8) is 0 Å². The summed E-state index contributed by atoms with van der Waals surface area (Å²) in [6.07, 6.45) is 12.6. The number of unbranched alkanes of at least 4 members (excludes halogenated alkanes) is 4. The first kappa shape index (κ1) is 13.1. The second-order valence-corrected chi connectivity index (χ2v) is 4.09. The normalized spacial score (nSPS) is 12.6. The van der Waals surface area contributed by atoms with Gasteiger partial charge in [0.1, 0.15) is 6.33 Å². The van der Waals surface area contributed by atoms with Crippen LogP contribution in [0.4, 0.5) is 0 Å². The highest BCUT2D eigenvalue weighted by Crippen LogP contribution is 2.17. The standard InChI is InChI=1S/C12H22N4/c1-2-3-4-5-6-7-12(16-13)11-8-14-10-15-9-11/h8-10,12,16H,2-7,13H2,1H3. The quantitative estimate of drug-likeness (QED) is 0.402. The van der Waals surface area contributed by atoms with E-state index in [9.17, 15) is 0 Å². The van der Waals surface area contributed by atoms with Gasteiger partial charge in [-0.2, -0.15) is 0 Å². The predicted octanol–water partition coefficient (Wildman–Crippen LogP) is 2.34. The van der Waals surface area contributed by atoms with E-state index in [0.29, 0.717) is 0 Å². The second-order valence-electron chi connectivity index (χ2n) is 4.09. The third kappa shape index (κ3) is 4.68. The topological polar surface area (TPSA) is 63.8 Å². The molecule has 0 saturated heterocycles. The second kappa shape index (κ2) is 8.19. The van der Waals surface area contributed by atoms with Crippen molar-refractivity contribution in [3.05, 3.63) is 24.3 Å². The number of aromatic nitrogens is 2. The van der Waals surface area contributed by atoms with Crippen LogP contribution in [0.2, 0.25) is 0 Å². The maximum absolute atomic E-state index is 5.54. The number of hydrogen-bond acceptors (Lipinski definition) is 4. The van der Waals surface area contributed by atoms with Crippen LogP contribution < -0.4 is 11.3 Å². The van der Waals surface area contributed by atoms with Crippen molar-refractivity contribution >= 4 is 0 Å². The molecule has 1 unspecified atom stereocenters. The van der Waals surface area contributed by atoms with Crippen LogP contribution in [-0.4, -0.2) is 9.97 Å². The molecule has 0 fully saturated rings. The Morgan fingerprint density at radius 3 is 2.50 bits per heavy atom. The summed E-state index contributed by atoms with van der Waals surface area (Å²) in [5.74, 6) is 5.54. The molecule has 0 aliphatic heterocycles. The van der Waals surface area contributed by atoms with Crippen molar-refractivity contribution in [2.75, 3.05) is 0 Å². The first-order valence-corrected chi connectivity index (χ1v) is 6.09. The first-order chi connectivity index (χ1) is 7.88. The first-order valence-electron chi connectivity index (χ1n) is 6.09. The smallest absolute Gasteiger partial charge is 0.115 e. The van der Waals surface area contributed by atoms with E-state index in [1.807, 2.05) is 12.4 Å². The van der Waals surface area contributed by atoms with Crippen LogP contribution in [0.25, 0.3) is 0 Å². The Labute approximate surface area is 97.7 Å². The number of rotatable bonds is 8. The lowest BCUT2D eigenvalue weighted by Gasteiger charge is -2.14. The van der Waals surface area contributed by atoms with Gasteiger partial charge in [-0.3, -0.25) is 11.3 Å². The lowest BCUT2D eigenvalue weighted by Crippen LogP contribution is -2.28. The van der Waals surface area contributed by atoms with Gasteiger partial charge >= 0.3 is 0 Å². The fourth-order valence-corrected chi connectivity index (χ4v) is 1.79. The number of nitrogens with zero attached hydrogens (tertiary/aromatic N) is 2. The van der Waals surface area contributed by atoms with Crippen LogP contribution in [0, 0.1) is 0 Å². The summed E-state index contributed by atoms with van der Waals surface area (Å²) in [5, 5.41) is 0. The van der Waals surface area contributed by atoms with Crippen LogP contribution in [0.5, 0.6) is 0 Å². The average Bonchev–Trinajstić information content (AvgIpc) is 2.35. The van der Waals surface area contributed by atoms with E-state index in [-0.39, 0.29) is 6.04 Å². The Balaban J connectivity index is 2.27. The fourth-order valence-electron chi connectivity index (χ4n) is 1.79. The minimum absolute atomic E-state index is 0.183. The fraction of sp³-hybridized carbons (Fsp3) is 0.667. The van der Waals surface area contributed by atoms with Crippen LogP contribution in [0.1, 0.15) is 57.1 Å². The summed E-state index contributed by atoms with van der Waals surface area (Å²) in [6.45, 7) is 2.23. The van der Waals surface area contributed by atoms with Crippen molar-refractivity contribution in [1.82, 2.24) is 15.4 Å². The minimum Gasteiger partial charge on any atom is -0.271 e. The van der Waals surface area contributed by atoms with Crippen LogP contribution >= 0.6 is 0 Å². The van der Waals surface area contributed by atoms with Gasteiger partial charge in [0, 0.05) is 24.0 Å². The van der Waals surface area contributed by atoms with Crippen molar-refractivity contribution in [3.8, 4) is 0 Å². The summed E-state index contributed by atoms with van der Waals surface area (Å²) in [5.41, 5.74) is 3.90. The van der Waals surface area contributed by atoms with E-state index in [0.717, 1.165) is 12.0 Å². The lowest BCUT2D eigenvalue weighted by atomic mass is 10.0. The molecule has 0 aromatic carbocycles. The molecule has 1 aromatic rings. The number of nitrogens with two attached hydrogens (primary N) is 1. The van der Waals surface area contributed by atoms with Crippen molar-refractivity contribution in [2.45, 2.75) is 51.5 Å². The van der Waals surface area contributed by atoms with Crippen molar-refractivity contribution in [2.24, 2.45) is 5.84 Å². The molecule has 0 amide bonds. The molecule has 0 aliphatic carbocycles. The van der Waals surface area contributed by atoms with Gasteiger partial charge in [-0.1, -0.05) is 39.0 Å². The van der Waals surface area contributed by atoms with Gasteiger partial charge in [-0.25, -0.2) is 9.97 Å². The van der Waals surface area contributed by atoms with Gasteiger partial charge in [0.15, 0.2) is 0 Å². The monoisotopic (exact) mass is 222 g/mol. The summed E-state index contributed by atoms with van der Waals surface area (Å²) in [4.78, 5) is 8.01. The largest absolute Gasteiger partial charge is 0.271 e. The molecule has 1 heterocycles. The van der Waals surface area contributed by atoms with E-state index < -0.39 is 0 Å². The van der Waals surface area contributed by atoms with Gasteiger partial charge in [0.2, 0.25) is 0 Å². The molecule has 16 heavy (non-hydrogen) atoms. The molecule has 90 valence electrons. The zero-order valence-electron chi connectivity index (χ0n) is 10.0. The maximum atomic E-state index is 5.54. The van der Waals surface area contributed by atoms with Gasteiger partial charge in [-0.15, -0.1) is 0 Å². The highest BCUT2D eigenvalue weighted by atomic mass is 15.2. The van der Waals surface area contributed by atoms with Gasteiger partial charge in [0.25, 0.3) is 0 Å². The number of hydrogen-bond donors (Lipinski definition) is 2. The summed E-state index contributed by atoms with van der Waals surface area (Å²) < 4.78 is 0. The zero-order valence-corrected chi connectivity index (χ0v) is 10.0. The lowest BCUT2D eigenvalue weighted by molar-refractivity contribution is 0.477. The third-order valence-electron chi connectivity index (χ3n) is 2.78. The Hall–Kier alpha value is -1.00.